The molecule has 0 bridgehead atoms. The molecule has 6 heteroatoms. The zero-order valence-corrected chi connectivity index (χ0v) is 19.1. The van der Waals surface area contributed by atoms with Crippen molar-refractivity contribution in [1.82, 2.24) is 4.98 Å². The number of Topliss-reactive ketones (excluding diaryl/α,β-unsaturated/α-hetero) is 1. The van der Waals surface area contributed by atoms with Crippen LogP contribution in [0, 0.1) is 6.92 Å². The first-order valence-electron chi connectivity index (χ1n) is 10.8. The van der Waals surface area contributed by atoms with Gasteiger partial charge in [-0.25, -0.2) is 4.98 Å². The highest BCUT2D eigenvalue weighted by atomic mass is 32.1. The molecule has 1 atom stereocenters. The van der Waals surface area contributed by atoms with Crippen LogP contribution in [0.2, 0.25) is 0 Å². The monoisotopic (exact) mass is 454 g/mol. The van der Waals surface area contributed by atoms with Gasteiger partial charge in [0, 0.05) is 5.56 Å². The van der Waals surface area contributed by atoms with Gasteiger partial charge < -0.3 is 5.11 Å². The van der Waals surface area contributed by atoms with Gasteiger partial charge in [-0.05, 0) is 36.6 Å². The molecule has 3 aromatic carbocycles. The van der Waals surface area contributed by atoms with E-state index in [1.165, 1.54) is 21.8 Å². The number of fused-ring (bicyclic) bond motifs is 1. The normalized spacial score (nSPS) is 17.8. The molecular weight excluding hydrogens is 432 g/mol. The first-order chi connectivity index (χ1) is 16.0. The molecular formula is C27H22N2O3S. The number of carbonyl (C=O) groups excluding carboxylic acids is 2. The molecule has 0 radical (unpaired) electrons. The number of carbonyl (C=O) groups is 2. The number of anilines is 1. The first kappa shape index (κ1) is 21.1. The SMILES string of the molecule is CCc1ccc2nc(N3C(=O)C(=O)/C(=C(/O)c4ccc(C)cc4)[C@@H]3c3ccccc3)sc2c1. The van der Waals surface area contributed by atoms with Crippen molar-refractivity contribution in [1.29, 1.82) is 0 Å². The van der Waals surface area contributed by atoms with Gasteiger partial charge >= 0.3 is 5.91 Å². The van der Waals surface area contributed by atoms with Crippen LogP contribution in [-0.4, -0.2) is 21.8 Å². The fourth-order valence-electron chi connectivity index (χ4n) is 4.13. The number of ketones is 1. The van der Waals surface area contributed by atoms with Crippen molar-refractivity contribution in [2.24, 2.45) is 0 Å². The van der Waals surface area contributed by atoms with E-state index >= 15 is 0 Å². The summed E-state index contributed by atoms with van der Waals surface area (Å²) in [6.07, 6.45) is 0.897. The van der Waals surface area contributed by atoms with Gasteiger partial charge in [0.1, 0.15) is 5.76 Å². The highest BCUT2D eigenvalue weighted by Crippen LogP contribution is 2.44. The molecule has 1 aromatic heterocycles. The van der Waals surface area contributed by atoms with E-state index in [4.69, 9.17) is 0 Å². The summed E-state index contributed by atoms with van der Waals surface area (Å²) >= 11 is 1.38. The molecule has 2 heterocycles. The summed E-state index contributed by atoms with van der Waals surface area (Å²) in [6, 6.07) is 21.8. The Balaban J connectivity index is 1.71. The lowest BCUT2D eigenvalue weighted by Crippen LogP contribution is -2.29. The molecule has 0 saturated carbocycles. The number of aliphatic hydroxyl groups excluding tert-OH is 1. The van der Waals surface area contributed by atoms with Crippen molar-refractivity contribution >= 4 is 44.1 Å². The molecule has 1 amide bonds. The summed E-state index contributed by atoms with van der Waals surface area (Å²) < 4.78 is 0.955. The number of hydrogen-bond donors (Lipinski definition) is 1. The quantitative estimate of drug-likeness (QED) is 0.241. The van der Waals surface area contributed by atoms with Crippen molar-refractivity contribution in [2.45, 2.75) is 26.3 Å². The van der Waals surface area contributed by atoms with Gasteiger partial charge in [0.2, 0.25) is 0 Å². The number of aryl methyl sites for hydroxylation is 2. The van der Waals surface area contributed by atoms with E-state index in [9.17, 15) is 14.7 Å². The Morgan fingerprint density at radius 1 is 1.03 bits per heavy atom. The third-order valence-corrected chi connectivity index (χ3v) is 6.96. The number of thiazole rings is 1. The lowest BCUT2D eigenvalue weighted by Gasteiger charge is -2.22. The summed E-state index contributed by atoms with van der Waals surface area (Å²) in [6.45, 7) is 4.03. The Hall–Kier alpha value is -3.77. The molecule has 0 spiro atoms. The van der Waals surface area contributed by atoms with Crippen LogP contribution in [0.1, 0.15) is 35.2 Å². The highest BCUT2D eigenvalue weighted by Gasteiger charge is 2.48. The average molecular weight is 455 g/mol. The van der Waals surface area contributed by atoms with Crippen LogP contribution in [0.3, 0.4) is 0 Å². The largest absolute Gasteiger partial charge is 0.507 e. The van der Waals surface area contributed by atoms with Gasteiger partial charge in [-0.3, -0.25) is 14.5 Å². The number of aromatic nitrogens is 1. The number of hydrogen-bond acceptors (Lipinski definition) is 5. The van der Waals surface area contributed by atoms with Gasteiger partial charge in [-0.2, -0.15) is 0 Å². The van der Waals surface area contributed by atoms with E-state index < -0.39 is 17.7 Å². The first-order valence-corrected chi connectivity index (χ1v) is 11.6. The van der Waals surface area contributed by atoms with Crippen LogP contribution in [0.5, 0.6) is 0 Å². The fraction of sp³-hybridized carbons (Fsp3) is 0.148. The van der Waals surface area contributed by atoms with Gasteiger partial charge in [0.15, 0.2) is 5.13 Å². The second-order valence-electron chi connectivity index (χ2n) is 8.10. The fourth-order valence-corrected chi connectivity index (χ4v) is 5.18. The van der Waals surface area contributed by atoms with E-state index in [0.717, 1.165) is 27.8 Å². The van der Waals surface area contributed by atoms with E-state index in [0.29, 0.717) is 10.7 Å². The average Bonchev–Trinajstić information content (AvgIpc) is 3.37. The van der Waals surface area contributed by atoms with Gasteiger partial charge in [0.25, 0.3) is 5.78 Å². The van der Waals surface area contributed by atoms with Crippen molar-refractivity contribution in [3.63, 3.8) is 0 Å². The summed E-state index contributed by atoms with van der Waals surface area (Å²) in [5, 5.41) is 11.6. The summed E-state index contributed by atoms with van der Waals surface area (Å²) in [5.74, 6) is -1.58. The number of benzene rings is 3. The Morgan fingerprint density at radius 3 is 2.45 bits per heavy atom. The second-order valence-corrected chi connectivity index (χ2v) is 9.11. The molecule has 1 N–H and O–H groups in total. The van der Waals surface area contributed by atoms with Crippen molar-refractivity contribution in [3.05, 3.63) is 101 Å². The van der Waals surface area contributed by atoms with E-state index in [1.807, 2.05) is 61.5 Å². The minimum Gasteiger partial charge on any atom is -0.507 e. The van der Waals surface area contributed by atoms with E-state index in [2.05, 4.69) is 18.0 Å². The zero-order chi connectivity index (χ0) is 23.1. The summed E-state index contributed by atoms with van der Waals surface area (Å²) in [7, 11) is 0. The molecule has 5 nitrogen and oxygen atoms in total. The predicted molar refractivity (Wildman–Crippen MR) is 131 cm³/mol. The number of amides is 1. The zero-order valence-electron chi connectivity index (χ0n) is 18.3. The number of nitrogens with zero attached hydrogens (tertiary/aromatic N) is 2. The van der Waals surface area contributed by atoms with E-state index in [-0.39, 0.29) is 11.3 Å². The van der Waals surface area contributed by atoms with Crippen molar-refractivity contribution in [3.8, 4) is 0 Å². The maximum absolute atomic E-state index is 13.3. The highest BCUT2D eigenvalue weighted by molar-refractivity contribution is 7.22. The third-order valence-electron chi connectivity index (χ3n) is 5.94. The smallest absolute Gasteiger partial charge is 0.301 e. The molecule has 33 heavy (non-hydrogen) atoms. The molecule has 1 saturated heterocycles. The molecule has 1 aliphatic heterocycles. The minimum atomic E-state index is -0.765. The Morgan fingerprint density at radius 2 is 1.76 bits per heavy atom. The molecule has 1 fully saturated rings. The molecule has 4 aromatic rings. The molecule has 0 unspecified atom stereocenters. The predicted octanol–water partition coefficient (Wildman–Crippen LogP) is 5.79. The number of rotatable bonds is 4. The maximum Gasteiger partial charge on any atom is 0.301 e. The number of aliphatic hydroxyl groups is 1. The standard InChI is InChI=1S/C27H22N2O3S/c1-3-17-11-14-20-21(15-17)33-27(28-20)29-23(18-7-5-4-6-8-18)22(25(31)26(29)32)24(30)19-12-9-16(2)10-13-19/h4-15,23,30H,3H2,1-2H3/b24-22+/t23-/m0/s1. The molecule has 1 aliphatic rings. The Kier molecular flexibility index (Phi) is 5.30. The van der Waals surface area contributed by atoms with Crippen LogP contribution < -0.4 is 4.90 Å². The van der Waals surface area contributed by atoms with Crippen LogP contribution in [0.25, 0.3) is 16.0 Å². The Labute approximate surface area is 195 Å². The lowest BCUT2D eigenvalue weighted by atomic mass is 9.95. The van der Waals surface area contributed by atoms with Gasteiger partial charge in [-0.1, -0.05) is 84.5 Å². The summed E-state index contributed by atoms with van der Waals surface area (Å²) in [4.78, 5) is 32.6. The van der Waals surface area contributed by atoms with E-state index in [1.54, 1.807) is 12.1 Å². The van der Waals surface area contributed by atoms with Gasteiger partial charge in [0.05, 0.1) is 21.8 Å². The van der Waals surface area contributed by atoms with Gasteiger partial charge in [-0.15, -0.1) is 0 Å². The Bertz CT molecular complexity index is 1400. The molecule has 5 rings (SSSR count). The second kappa shape index (κ2) is 8.30. The van der Waals surface area contributed by atoms with Crippen LogP contribution in [-0.2, 0) is 16.0 Å². The topological polar surface area (TPSA) is 70.5 Å². The van der Waals surface area contributed by atoms with Crippen LogP contribution >= 0.6 is 11.3 Å². The third kappa shape index (κ3) is 3.62. The minimum absolute atomic E-state index is 0.0727. The van der Waals surface area contributed by atoms with Crippen LogP contribution in [0.15, 0.2) is 78.4 Å². The molecule has 164 valence electrons. The van der Waals surface area contributed by atoms with Crippen molar-refractivity contribution < 1.29 is 14.7 Å². The van der Waals surface area contributed by atoms with Crippen molar-refractivity contribution in [2.75, 3.05) is 4.90 Å². The molecule has 0 aliphatic carbocycles. The van der Waals surface area contributed by atoms with Crippen LogP contribution in [0.4, 0.5) is 5.13 Å². The maximum atomic E-state index is 13.3. The summed E-state index contributed by atoms with van der Waals surface area (Å²) in [5.41, 5.74) is 4.30. The lowest BCUT2D eigenvalue weighted by molar-refractivity contribution is -0.132.